The van der Waals surface area contributed by atoms with Gasteiger partial charge in [0.2, 0.25) is 0 Å². The minimum atomic E-state index is -0.310. The molecule has 3 aromatic carbocycles. The van der Waals surface area contributed by atoms with Crippen LogP contribution in [0.25, 0.3) is 0 Å². The van der Waals surface area contributed by atoms with Crippen molar-refractivity contribution in [2.24, 2.45) is 0 Å². The van der Waals surface area contributed by atoms with E-state index in [2.05, 4.69) is 10.6 Å². The molecule has 160 valence electrons. The van der Waals surface area contributed by atoms with Crippen LogP contribution in [-0.4, -0.2) is 17.1 Å². The monoisotopic (exact) mass is 434 g/mol. The number of para-hydroxylation sites is 2. The van der Waals surface area contributed by atoms with Gasteiger partial charge in [-0.25, -0.2) is 0 Å². The fraction of sp³-hybridized carbons (Fsp3) is 0.200. The minimum Gasteiger partial charge on any atom is -0.491 e. The van der Waals surface area contributed by atoms with E-state index in [4.69, 9.17) is 21.7 Å². The van der Waals surface area contributed by atoms with E-state index in [1.807, 2.05) is 74.5 Å². The molecule has 0 fully saturated rings. The van der Waals surface area contributed by atoms with E-state index in [1.54, 1.807) is 18.2 Å². The van der Waals surface area contributed by atoms with Gasteiger partial charge < -0.3 is 14.8 Å². The molecule has 31 heavy (non-hydrogen) atoms. The number of carbonyl (C=O) groups is 1. The highest BCUT2D eigenvalue weighted by Gasteiger charge is 2.12. The normalized spacial score (nSPS) is 11.3. The number of thiocarbonyl (C=S) groups is 1. The lowest BCUT2D eigenvalue weighted by atomic mass is 10.2. The zero-order valence-corrected chi connectivity index (χ0v) is 18.4. The molecule has 0 aliphatic carbocycles. The summed E-state index contributed by atoms with van der Waals surface area (Å²) in [6.45, 7) is 4.47. The van der Waals surface area contributed by atoms with Crippen molar-refractivity contribution in [3.63, 3.8) is 0 Å². The Balaban J connectivity index is 1.61. The number of rotatable bonds is 8. The second-order valence-electron chi connectivity index (χ2n) is 7.04. The molecule has 0 saturated carbocycles. The Morgan fingerprint density at radius 3 is 2.52 bits per heavy atom. The molecule has 3 aromatic rings. The molecule has 0 aliphatic heterocycles. The van der Waals surface area contributed by atoms with Crippen LogP contribution in [0.1, 0.15) is 36.2 Å². The number of ether oxygens (including phenoxy) is 2. The predicted molar refractivity (Wildman–Crippen MR) is 128 cm³/mol. The highest BCUT2D eigenvalue weighted by atomic mass is 32.1. The first-order valence-corrected chi connectivity index (χ1v) is 10.6. The van der Waals surface area contributed by atoms with Crippen molar-refractivity contribution in [1.82, 2.24) is 5.32 Å². The van der Waals surface area contributed by atoms with Gasteiger partial charge in [-0.15, -0.1) is 0 Å². The molecule has 6 heteroatoms. The number of benzene rings is 3. The van der Waals surface area contributed by atoms with Crippen LogP contribution in [0.15, 0.2) is 78.9 Å². The van der Waals surface area contributed by atoms with Crippen LogP contribution >= 0.6 is 12.2 Å². The maximum atomic E-state index is 12.6. The largest absolute Gasteiger partial charge is 0.491 e. The number of anilines is 1. The molecule has 3 rings (SSSR count). The SMILES string of the molecule is CCC(C)Oc1cccc(C(=O)NC(=S)Nc2ccccc2OCc2ccccc2)c1. The van der Waals surface area contributed by atoms with Gasteiger partial charge in [0.15, 0.2) is 5.11 Å². The van der Waals surface area contributed by atoms with Crippen molar-refractivity contribution < 1.29 is 14.3 Å². The Hall–Kier alpha value is -3.38. The Kier molecular flexibility index (Phi) is 8.01. The number of amides is 1. The van der Waals surface area contributed by atoms with E-state index in [1.165, 1.54) is 0 Å². The van der Waals surface area contributed by atoms with Crippen LogP contribution in [0.2, 0.25) is 0 Å². The molecule has 0 aliphatic rings. The molecule has 0 saturated heterocycles. The summed E-state index contributed by atoms with van der Waals surface area (Å²) in [5.74, 6) is 0.988. The fourth-order valence-electron chi connectivity index (χ4n) is 2.79. The van der Waals surface area contributed by atoms with Crippen molar-refractivity contribution >= 4 is 28.9 Å². The first kappa shape index (κ1) is 22.3. The fourth-order valence-corrected chi connectivity index (χ4v) is 2.99. The lowest BCUT2D eigenvalue weighted by Gasteiger charge is -2.15. The first-order chi connectivity index (χ1) is 15.0. The summed E-state index contributed by atoms with van der Waals surface area (Å²) in [5, 5.41) is 5.95. The first-order valence-electron chi connectivity index (χ1n) is 10.2. The summed E-state index contributed by atoms with van der Waals surface area (Å²) >= 11 is 5.34. The quantitative estimate of drug-likeness (QED) is 0.454. The third-order valence-electron chi connectivity index (χ3n) is 4.61. The van der Waals surface area contributed by atoms with Crippen LogP contribution in [0, 0.1) is 0 Å². The van der Waals surface area contributed by atoms with Crippen molar-refractivity contribution in [1.29, 1.82) is 0 Å². The van der Waals surface area contributed by atoms with Gasteiger partial charge >= 0.3 is 0 Å². The third kappa shape index (κ3) is 6.83. The Bertz CT molecular complexity index is 1020. The molecular formula is C25H26N2O3S. The van der Waals surface area contributed by atoms with Gasteiger partial charge in [0.05, 0.1) is 11.8 Å². The summed E-state index contributed by atoms with van der Waals surface area (Å²) in [4.78, 5) is 12.6. The van der Waals surface area contributed by atoms with E-state index < -0.39 is 0 Å². The van der Waals surface area contributed by atoms with Gasteiger partial charge in [-0.05, 0) is 61.5 Å². The molecule has 0 radical (unpaired) electrons. The second-order valence-corrected chi connectivity index (χ2v) is 7.45. The van der Waals surface area contributed by atoms with E-state index in [0.29, 0.717) is 29.4 Å². The smallest absolute Gasteiger partial charge is 0.257 e. The van der Waals surface area contributed by atoms with Crippen LogP contribution in [0.5, 0.6) is 11.5 Å². The van der Waals surface area contributed by atoms with Crippen molar-refractivity contribution in [3.8, 4) is 11.5 Å². The van der Waals surface area contributed by atoms with Gasteiger partial charge in [0, 0.05) is 5.56 Å². The summed E-state index contributed by atoms with van der Waals surface area (Å²) in [6.07, 6.45) is 0.962. The van der Waals surface area contributed by atoms with Crippen molar-refractivity contribution in [2.75, 3.05) is 5.32 Å². The third-order valence-corrected chi connectivity index (χ3v) is 4.81. The van der Waals surface area contributed by atoms with Gasteiger partial charge in [-0.1, -0.05) is 55.5 Å². The summed E-state index contributed by atoms with van der Waals surface area (Å²) in [5.41, 5.74) is 2.21. The lowest BCUT2D eigenvalue weighted by Crippen LogP contribution is -2.34. The van der Waals surface area contributed by atoms with Crippen LogP contribution in [0.4, 0.5) is 5.69 Å². The zero-order valence-electron chi connectivity index (χ0n) is 17.6. The zero-order chi connectivity index (χ0) is 22.1. The number of hydrogen-bond donors (Lipinski definition) is 2. The van der Waals surface area contributed by atoms with E-state index in [0.717, 1.165) is 12.0 Å². The van der Waals surface area contributed by atoms with Crippen LogP contribution in [0.3, 0.4) is 0 Å². The van der Waals surface area contributed by atoms with E-state index in [-0.39, 0.29) is 17.1 Å². The van der Waals surface area contributed by atoms with Crippen molar-refractivity contribution in [2.45, 2.75) is 33.0 Å². The summed E-state index contributed by atoms with van der Waals surface area (Å²) < 4.78 is 11.7. The maximum Gasteiger partial charge on any atom is 0.257 e. The number of nitrogens with one attached hydrogen (secondary N) is 2. The molecular weight excluding hydrogens is 408 g/mol. The minimum absolute atomic E-state index is 0.0773. The van der Waals surface area contributed by atoms with Gasteiger partial charge in [-0.2, -0.15) is 0 Å². The molecule has 0 spiro atoms. The van der Waals surface area contributed by atoms with E-state index >= 15 is 0 Å². The van der Waals surface area contributed by atoms with Gasteiger partial charge in [0.1, 0.15) is 18.1 Å². The molecule has 0 aromatic heterocycles. The Morgan fingerprint density at radius 2 is 1.74 bits per heavy atom. The van der Waals surface area contributed by atoms with Gasteiger partial charge in [-0.3, -0.25) is 10.1 Å². The topological polar surface area (TPSA) is 59.6 Å². The average Bonchev–Trinajstić information content (AvgIpc) is 2.79. The molecule has 1 amide bonds. The number of hydrogen-bond acceptors (Lipinski definition) is 4. The molecule has 1 unspecified atom stereocenters. The molecule has 5 nitrogen and oxygen atoms in total. The molecule has 2 N–H and O–H groups in total. The van der Waals surface area contributed by atoms with Crippen LogP contribution in [-0.2, 0) is 6.61 Å². The molecule has 0 bridgehead atoms. The molecule has 0 heterocycles. The van der Waals surface area contributed by atoms with Crippen LogP contribution < -0.4 is 20.1 Å². The highest BCUT2D eigenvalue weighted by Crippen LogP contribution is 2.25. The van der Waals surface area contributed by atoms with Gasteiger partial charge in [0.25, 0.3) is 5.91 Å². The maximum absolute atomic E-state index is 12.6. The Morgan fingerprint density at radius 1 is 1.00 bits per heavy atom. The van der Waals surface area contributed by atoms with Crippen molar-refractivity contribution in [3.05, 3.63) is 90.0 Å². The Labute approximate surface area is 188 Å². The highest BCUT2D eigenvalue weighted by molar-refractivity contribution is 7.80. The average molecular weight is 435 g/mol. The lowest BCUT2D eigenvalue weighted by molar-refractivity contribution is 0.0977. The second kappa shape index (κ2) is 11.1. The standard InChI is InChI=1S/C25H26N2O3S/c1-3-18(2)30-21-13-9-12-20(16-21)24(28)27-25(31)26-22-14-7-8-15-23(22)29-17-19-10-5-4-6-11-19/h4-16,18H,3,17H2,1-2H3,(H2,26,27,28,31). The molecule has 1 atom stereocenters. The predicted octanol–water partition coefficient (Wildman–Crippen LogP) is 5.57. The number of carbonyl (C=O) groups excluding carboxylic acids is 1. The van der Waals surface area contributed by atoms with E-state index in [9.17, 15) is 4.79 Å². The summed E-state index contributed by atoms with van der Waals surface area (Å²) in [7, 11) is 0. The summed E-state index contributed by atoms with van der Waals surface area (Å²) in [6, 6.07) is 24.4.